The summed E-state index contributed by atoms with van der Waals surface area (Å²) in [5.74, 6) is 0. The van der Waals surface area contributed by atoms with Crippen LogP contribution in [0.4, 0.5) is 0 Å². The van der Waals surface area contributed by atoms with Crippen LogP contribution in [0.1, 0.15) is 23.6 Å². The lowest BCUT2D eigenvalue weighted by Gasteiger charge is -2.09. The molecule has 0 bridgehead atoms. The maximum Gasteiger partial charge on any atom is -0.0158 e. The van der Waals surface area contributed by atoms with Crippen molar-refractivity contribution in [3.8, 4) is 0 Å². The average Bonchev–Trinajstić information content (AvgIpc) is 2.03. The van der Waals surface area contributed by atoms with Gasteiger partial charge in [-0.25, -0.2) is 0 Å². The van der Waals surface area contributed by atoms with E-state index in [1.54, 1.807) is 0 Å². The Bertz CT molecular complexity index is 356. The SMILES string of the molecule is C=C(C)C(=C)c1ccc(C)cc1C. The molecule has 1 rings (SSSR count). The first kappa shape index (κ1) is 9.79. The number of aryl methyl sites for hydroxylation is 2. The first-order valence-electron chi connectivity index (χ1n) is 4.45. The highest BCUT2D eigenvalue weighted by molar-refractivity contribution is 5.77. The minimum absolute atomic E-state index is 1.03. The van der Waals surface area contributed by atoms with Crippen LogP contribution < -0.4 is 0 Å². The van der Waals surface area contributed by atoms with E-state index in [0.29, 0.717) is 0 Å². The molecule has 0 atom stereocenters. The highest BCUT2D eigenvalue weighted by atomic mass is 14.1. The second kappa shape index (κ2) is 3.61. The van der Waals surface area contributed by atoms with E-state index in [0.717, 1.165) is 11.1 Å². The molecule has 68 valence electrons. The van der Waals surface area contributed by atoms with Gasteiger partial charge in [0.2, 0.25) is 0 Å². The largest absolute Gasteiger partial charge is 0.0955 e. The number of allylic oxidation sites excluding steroid dienone is 2. The molecule has 0 nitrogen and oxygen atoms in total. The number of hydrogen-bond acceptors (Lipinski definition) is 0. The Morgan fingerprint density at radius 3 is 2.23 bits per heavy atom. The third-order valence-electron chi connectivity index (χ3n) is 2.22. The van der Waals surface area contributed by atoms with E-state index < -0.39 is 0 Å². The molecule has 0 aliphatic rings. The van der Waals surface area contributed by atoms with Crippen molar-refractivity contribution >= 4 is 5.57 Å². The Balaban J connectivity index is 3.16. The second-order valence-electron chi connectivity index (χ2n) is 3.58. The van der Waals surface area contributed by atoms with Crippen molar-refractivity contribution in [1.82, 2.24) is 0 Å². The summed E-state index contributed by atoms with van der Waals surface area (Å²) >= 11 is 0. The second-order valence-corrected chi connectivity index (χ2v) is 3.58. The molecule has 0 radical (unpaired) electrons. The van der Waals surface area contributed by atoms with Crippen LogP contribution in [0.25, 0.3) is 5.57 Å². The van der Waals surface area contributed by atoms with Gasteiger partial charge in [0.25, 0.3) is 0 Å². The van der Waals surface area contributed by atoms with Crippen molar-refractivity contribution in [2.24, 2.45) is 0 Å². The maximum absolute atomic E-state index is 4.02. The number of rotatable bonds is 2. The van der Waals surface area contributed by atoms with Gasteiger partial charge in [0.1, 0.15) is 0 Å². The zero-order valence-electron chi connectivity index (χ0n) is 8.65. The normalized spacial score (nSPS) is 9.77. The Morgan fingerprint density at radius 2 is 1.77 bits per heavy atom. The molecule has 0 saturated heterocycles. The summed E-state index contributed by atoms with van der Waals surface area (Å²) in [7, 11) is 0. The van der Waals surface area contributed by atoms with Gasteiger partial charge in [0.15, 0.2) is 0 Å². The van der Waals surface area contributed by atoms with E-state index in [-0.39, 0.29) is 0 Å². The summed E-state index contributed by atoms with van der Waals surface area (Å²) in [4.78, 5) is 0. The molecule has 0 unspecified atom stereocenters. The number of benzene rings is 1. The van der Waals surface area contributed by atoms with E-state index in [4.69, 9.17) is 0 Å². The zero-order chi connectivity index (χ0) is 10.0. The quantitative estimate of drug-likeness (QED) is 0.594. The van der Waals surface area contributed by atoms with Gasteiger partial charge >= 0.3 is 0 Å². The van der Waals surface area contributed by atoms with Crippen LogP contribution >= 0.6 is 0 Å². The van der Waals surface area contributed by atoms with Crippen molar-refractivity contribution in [1.29, 1.82) is 0 Å². The minimum atomic E-state index is 1.03. The Labute approximate surface area is 80.6 Å². The smallest absolute Gasteiger partial charge is 0.0158 e. The predicted molar refractivity (Wildman–Crippen MR) is 59.8 cm³/mol. The standard InChI is InChI=1S/C13H16/c1-9(2)12(5)13-7-6-10(3)8-11(13)4/h6-8H,1,5H2,2-4H3. The summed E-state index contributed by atoms with van der Waals surface area (Å²) < 4.78 is 0. The van der Waals surface area contributed by atoms with Crippen molar-refractivity contribution in [2.45, 2.75) is 20.8 Å². The highest BCUT2D eigenvalue weighted by Gasteiger charge is 2.02. The molecule has 13 heavy (non-hydrogen) atoms. The van der Waals surface area contributed by atoms with Gasteiger partial charge in [-0.3, -0.25) is 0 Å². The lowest BCUT2D eigenvalue weighted by Crippen LogP contribution is -1.89. The van der Waals surface area contributed by atoms with Crippen molar-refractivity contribution in [2.75, 3.05) is 0 Å². The minimum Gasteiger partial charge on any atom is -0.0955 e. The average molecular weight is 172 g/mol. The summed E-state index contributed by atoms with van der Waals surface area (Å²) in [6.45, 7) is 14.1. The van der Waals surface area contributed by atoms with Gasteiger partial charge in [0, 0.05) is 0 Å². The molecular formula is C13H16. The molecule has 0 aliphatic heterocycles. The van der Waals surface area contributed by atoms with E-state index in [1.165, 1.54) is 16.7 Å². The fraction of sp³-hybridized carbons (Fsp3) is 0.231. The van der Waals surface area contributed by atoms with Crippen LogP contribution in [-0.2, 0) is 0 Å². The van der Waals surface area contributed by atoms with Crippen molar-refractivity contribution in [3.63, 3.8) is 0 Å². The first-order chi connectivity index (χ1) is 6.02. The summed E-state index contributed by atoms with van der Waals surface area (Å²) in [6, 6.07) is 6.39. The molecule has 1 aromatic rings. The fourth-order valence-electron chi connectivity index (χ4n) is 1.38. The van der Waals surface area contributed by atoms with Gasteiger partial charge in [-0.15, -0.1) is 0 Å². The zero-order valence-corrected chi connectivity index (χ0v) is 8.65. The molecule has 0 fully saturated rings. The molecule has 0 spiro atoms. The van der Waals surface area contributed by atoms with Crippen LogP contribution in [0.2, 0.25) is 0 Å². The summed E-state index contributed by atoms with van der Waals surface area (Å²) in [6.07, 6.45) is 0. The van der Waals surface area contributed by atoms with E-state index >= 15 is 0 Å². The lowest BCUT2D eigenvalue weighted by molar-refractivity contribution is 1.35. The number of hydrogen-bond donors (Lipinski definition) is 0. The van der Waals surface area contributed by atoms with Crippen LogP contribution in [0, 0.1) is 13.8 Å². The summed E-state index contributed by atoms with van der Waals surface area (Å²) in [5.41, 5.74) is 5.84. The Hall–Kier alpha value is -1.30. The van der Waals surface area contributed by atoms with E-state index in [9.17, 15) is 0 Å². The monoisotopic (exact) mass is 172 g/mol. The molecular weight excluding hydrogens is 156 g/mol. The molecule has 0 saturated carbocycles. The third kappa shape index (κ3) is 2.09. The molecule has 0 heterocycles. The van der Waals surface area contributed by atoms with Crippen LogP contribution in [-0.4, -0.2) is 0 Å². The fourth-order valence-corrected chi connectivity index (χ4v) is 1.38. The third-order valence-corrected chi connectivity index (χ3v) is 2.22. The van der Waals surface area contributed by atoms with Crippen molar-refractivity contribution in [3.05, 3.63) is 53.6 Å². The molecule has 0 amide bonds. The van der Waals surface area contributed by atoms with Crippen LogP contribution in [0.15, 0.2) is 36.9 Å². The molecule has 1 aromatic carbocycles. The van der Waals surface area contributed by atoms with Crippen LogP contribution in [0.3, 0.4) is 0 Å². The van der Waals surface area contributed by atoms with Crippen molar-refractivity contribution < 1.29 is 0 Å². The topological polar surface area (TPSA) is 0 Å². The highest BCUT2D eigenvalue weighted by Crippen LogP contribution is 2.23. The van der Waals surface area contributed by atoms with Gasteiger partial charge < -0.3 is 0 Å². The molecule has 0 N–H and O–H groups in total. The van der Waals surface area contributed by atoms with Gasteiger partial charge in [-0.2, -0.15) is 0 Å². The molecule has 0 aliphatic carbocycles. The van der Waals surface area contributed by atoms with Crippen LogP contribution in [0.5, 0.6) is 0 Å². The molecule has 0 aromatic heterocycles. The maximum atomic E-state index is 4.02. The first-order valence-corrected chi connectivity index (χ1v) is 4.45. The Morgan fingerprint density at radius 1 is 1.15 bits per heavy atom. The van der Waals surface area contributed by atoms with E-state index in [1.807, 2.05) is 6.92 Å². The van der Waals surface area contributed by atoms with E-state index in [2.05, 4.69) is 45.2 Å². The summed E-state index contributed by atoms with van der Waals surface area (Å²) in [5, 5.41) is 0. The van der Waals surface area contributed by atoms with Gasteiger partial charge in [0.05, 0.1) is 0 Å². The molecule has 0 heteroatoms. The van der Waals surface area contributed by atoms with Gasteiger partial charge in [-0.05, 0) is 37.5 Å². The lowest BCUT2D eigenvalue weighted by atomic mass is 9.96. The Kier molecular flexibility index (Phi) is 2.72. The predicted octanol–water partition coefficient (Wildman–Crippen LogP) is 3.89. The van der Waals surface area contributed by atoms with Gasteiger partial charge in [-0.1, -0.05) is 42.5 Å².